The van der Waals surface area contributed by atoms with Crippen molar-refractivity contribution in [1.29, 1.82) is 0 Å². The van der Waals surface area contributed by atoms with Gasteiger partial charge in [0.15, 0.2) is 0 Å². The van der Waals surface area contributed by atoms with Crippen molar-refractivity contribution in [3.8, 4) is 0 Å². The second-order valence-electron chi connectivity index (χ2n) is 7.01. The third kappa shape index (κ3) is 4.96. The molecule has 1 fully saturated rings. The van der Waals surface area contributed by atoms with E-state index in [1.807, 2.05) is 31.2 Å². The van der Waals surface area contributed by atoms with Crippen LogP contribution in [0.4, 0.5) is 0 Å². The zero-order valence-corrected chi connectivity index (χ0v) is 16.5. The zero-order valence-electron chi connectivity index (χ0n) is 15.6. The Hall–Kier alpha value is -2.18. The van der Waals surface area contributed by atoms with Crippen LogP contribution in [0.3, 0.4) is 0 Å². The molecular weight excluding hydrogens is 360 g/mol. The van der Waals surface area contributed by atoms with E-state index in [0.717, 1.165) is 31.2 Å². The lowest BCUT2D eigenvalue weighted by atomic mass is 10.1. The summed E-state index contributed by atoms with van der Waals surface area (Å²) in [6, 6.07) is 14.2. The van der Waals surface area contributed by atoms with Gasteiger partial charge in [-0.2, -0.15) is 4.31 Å². The highest BCUT2D eigenvalue weighted by molar-refractivity contribution is 7.89. The maximum absolute atomic E-state index is 12.8. The van der Waals surface area contributed by atoms with Gasteiger partial charge in [0.2, 0.25) is 10.0 Å². The molecule has 2 aromatic rings. The molecule has 1 N–H and O–H groups in total. The fourth-order valence-corrected chi connectivity index (χ4v) is 4.72. The molecule has 144 valence electrons. The van der Waals surface area contributed by atoms with Gasteiger partial charge in [0.1, 0.15) is 0 Å². The maximum Gasteiger partial charge on any atom is 0.251 e. The average molecular weight is 387 g/mol. The summed E-state index contributed by atoms with van der Waals surface area (Å²) in [5, 5.41) is 2.87. The minimum Gasteiger partial charge on any atom is -0.348 e. The van der Waals surface area contributed by atoms with Crippen molar-refractivity contribution in [2.45, 2.75) is 44.0 Å². The molecule has 5 nitrogen and oxygen atoms in total. The van der Waals surface area contributed by atoms with Gasteiger partial charge in [-0.1, -0.05) is 42.7 Å². The molecule has 0 spiro atoms. The standard InChI is InChI=1S/C21H26N2O3S/c1-17-6-8-18(9-7-17)16-22-21(24)19-10-12-20(13-11-19)27(25,26)23-14-4-2-3-5-15-23/h6-13H,2-5,14-16H2,1H3,(H,22,24). The number of hydrogen-bond acceptors (Lipinski definition) is 3. The molecule has 1 saturated heterocycles. The normalized spacial score (nSPS) is 15.9. The Labute approximate surface area is 161 Å². The van der Waals surface area contributed by atoms with Gasteiger partial charge in [-0.3, -0.25) is 4.79 Å². The predicted octanol–water partition coefficient (Wildman–Crippen LogP) is 3.49. The van der Waals surface area contributed by atoms with Gasteiger partial charge in [-0.05, 0) is 49.6 Å². The predicted molar refractivity (Wildman–Crippen MR) is 106 cm³/mol. The van der Waals surface area contributed by atoms with E-state index < -0.39 is 10.0 Å². The van der Waals surface area contributed by atoms with E-state index in [2.05, 4.69) is 5.32 Å². The van der Waals surface area contributed by atoms with Crippen LogP contribution in [0, 0.1) is 6.92 Å². The molecule has 3 rings (SSSR count). The first-order valence-electron chi connectivity index (χ1n) is 9.41. The first-order chi connectivity index (χ1) is 13.0. The number of hydrogen-bond donors (Lipinski definition) is 1. The number of nitrogens with zero attached hydrogens (tertiary/aromatic N) is 1. The van der Waals surface area contributed by atoms with Crippen LogP contribution >= 0.6 is 0 Å². The Morgan fingerprint density at radius 2 is 1.52 bits per heavy atom. The molecule has 1 heterocycles. The minimum atomic E-state index is -3.49. The van der Waals surface area contributed by atoms with Crippen molar-refractivity contribution in [2.75, 3.05) is 13.1 Å². The van der Waals surface area contributed by atoms with Crippen LogP contribution in [-0.4, -0.2) is 31.7 Å². The molecular formula is C21H26N2O3S. The third-order valence-electron chi connectivity index (χ3n) is 4.89. The average Bonchev–Trinajstić information content (AvgIpc) is 2.97. The van der Waals surface area contributed by atoms with E-state index in [-0.39, 0.29) is 10.8 Å². The summed E-state index contributed by atoms with van der Waals surface area (Å²) in [6.07, 6.45) is 3.95. The molecule has 1 amide bonds. The lowest BCUT2D eigenvalue weighted by Crippen LogP contribution is -2.32. The molecule has 0 radical (unpaired) electrons. The summed E-state index contributed by atoms with van der Waals surface area (Å²) in [4.78, 5) is 12.6. The zero-order chi connectivity index (χ0) is 19.3. The molecule has 1 aliphatic heterocycles. The SMILES string of the molecule is Cc1ccc(CNC(=O)c2ccc(S(=O)(=O)N3CCCCCC3)cc2)cc1. The number of nitrogens with one attached hydrogen (secondary N) is 1. The van der Waals surface area contributed by atoms with Crippen molar-refractivity contribution in [3.05, 3.63) is 65.2 Å². The van der Waals surface area contributed by atoms with Crippen molar-refractivity contribution in [2.24, 2.45) is 0 Å². The minimum absolute atomic E-state index is 0.214. The summed E-state index contributed by atoms with van der Waals surface area (Å²) >= 11 is 0. The van der Waals surface area contributed by atoms with E-state index in [1.165, 1.54) is 17.7 Å². The highest BCUT2D eigenvalue weighted by atomic mass is 32.2. The quantitative estimate of drug-likeness (QED) is 0.855. The number of benzene rings is 2. The Morgan fingerprint density at radius 1 is 0.926 bits per heavy atom. The summed E-state index contributed by atoms with van der Waals surface area (Å²) in [5.41, 5.74) is 2.65. The second kappa shape index (κ2) is 8.67. The monoisotopic (exact) mass is 386 g/mol. The van der Waals surface area contributed by atoms with Crippen LogP contribution in [0.1, 0.15) is 47.2 Å². The first kappa shape index (κ1) is 19.6. The number of carbonyl (C=O) groups excluding carboxylic acids is 1. The van der Waals surface area contributed by atoms with Gasteiger partial charge in [-0.15, -0.1) is 0 Å². The van der Waals surface area contributed by atoms with E-state index in [0.29, 0.717) is 25.2 Å². The van der Waals surface area contributed by atoms with Crippen LogP contribution in [-0.2, 0) is 16.6 Å². The molecule has 0 aromatic heterocycles. The maximum atomic E-state index is 12.8. The smallest absolute Gasteiger partial charge is 0.251 e. The number of rotatable bonds is 5. The van der Waals surface area contributed by atoms with Gasteiger partial charge in [-0.25, -0.2) is 8.42 Å². The fourth-order valence-electron chi connectivity index (χ4n) is 3.20. The molecule has 2 aromatic carbocycles. The molecule has 0 atom stereocenters. The summed E-state index contributed by atoms with van der Waals surface area (Å²) in [5.74, 6) is -0.214. The second-order valence-corrected chi connectivity index (χ2v) is 8.95. The number of aryl methyl sites for hydroxylation is 1. The third-order valence-corrected chi connectivity index (χ3v) is 6.81. The molecule has 1 aliphatic rings. The molecule has 0 unspecified atom stereocenters. The number of carbonyl (C=O) groups is 1. The lowest BCUT2D eigenvalue weighted by molar-refractivity contribution is 0.0951. The van der Waals surface area contributed by atoms with Crippen LogP contribution in [0.2, 0.25) is 0 Å². The van der Waals surface area contributed by atoms with Crippen LogP contribution < -0.4 is 5.32 Å². The van der Waals surface area contributed by atoms with Crippen LogP contribution in [0.15, 0.2) is 53.4 Å². The number of amides is 1. The molecule has 6 heteroatoms. The molecule has 0 saturated carbocycles. The van der Waals surface area contributed by atoms with Crippen molar-refractivity contribution in [3.63, 3.8) is 0 Å². The van der Waals surface area contributed by atoms with E-state index in [1.54, 1.807) is 16.4 Å². The van der Waals surface area contributed by atoms with E-state index >= 15 is 0 Å². The molecule has 27 heavy (non-hydrogen) atoms. The van der Waals surface area contributed by atoms with Crippen molar-refractivity contribution in [1.82, 2.24) is 9.62 Å². The Bertz CT molecular complexity index is 867. The first-order valence-corrected chi connectivity index (χ1v) is 10.8. The van der Waals surface area contributed by atoms with Crippen LogP contribution in [0.25, 0.3) is 0 Å². The van der Waals surface area contributed by atoms with Crippen LogP contribution in [0.5, 0.6) is 0 Å². The molecule has 0 aliphatic carbocycles. The van der Waals surface area contributed by atoms with Gasteiger partial charge in [0.25, 0.3) is 5.91 Å². The Kier molecular flexibility index (Phi) is 6.29. The van der Waals surface area contributed by atoms with E-state index in [4.69, 9.17) is 0 Å². The molecule has 0 bridgehead atoms. The van der Waals surface area contributed by atoms with Gasteiger partial charge in [0, 0.05) is 25.2 Å². The van der Waals surface area contributed by atoms with E-state index in [9.17, 15) is 13.2 Å². The highest BCUT2D eigenvalue weighted by Crippen LogP contribution is 2.20. The van der Waals surface area contributed by atoms with Crippen molar-refractivity contribution < 1.29 is 13.2 Å². The Morgan fingerprint density at radius 3 is 2.11 bits per heavy atom. The number of sulfonamides is 1. The van der Waals surface area contributed by atoms with Gasteiger partial charge in [0.05, 0.1) is 4.90 Å². The van der Waals surface area contributed by atoms with Gasteiger partial charge >= 0.3 is 0 Å². The highest BCUT2D eigenvalue weighted by Gasteiger charge is 2.25. The summed E-state index contributed by atoms with van der Waals surface area (Å²) < 4.78 is 27.1. The van der Waals surface area contributed by atoms with Gasteiger partial charge < -0.3 is 5.32 Å². The largest absolute Gasteiger partial charge is 0.348 e. The van der Waals surface area contributed by atoms with Crippen molar-refractivity contribution >= 4 is 15.9 Å². The summed E-state index contributed by atoms with van der Waals surface area (Å²) in [6.45, 7) is 3.60. The lowest BCUT2D eigenvalue weighted by Gasteiger charge is -2.20. The Balaban J connectivity index is 1.65. The summed E-state index contributed by atoms with van der Waals surface area (Å²) in [7, 11) is -3.49. The fraction of sp³-hybridized carbons (Fsp3) is 0.381. The topological polar surface area (TPSA) is 66.5 Å².